The van der Waals surface area contributed by atoms with Crippen molar-refractivity contribution < 1.29 is 19.0 Å². The zero-order valence-electron chi connectivity index (χ0n) is 15.2. The lowest BCUT2D eigenvalue weighted by Gasteiger charge is -2.23. The van der Waals surface area contributed by atoms with Crippen LogP contribution in [0.3, 0.4) is 0 Å². The highest BCUT2D eigenvalue weighted by atomic mass is 16.6. The van der Waals surface area contributed by atoms with Crippen LogP contribution < -0.4 is 5.32 Å². The summed E-state index contributed by atoms with van der Waals surface area (Å²) in [4.78, 5) is 31.8. The lowest BCUT2D eigenvalue weighted by atomic mass is 9.77. The summed E-state index contributed by atoms with van der Waals surface area (Å²) >= 11 is 0. The van der Waals surface area contributed by atoms with E-state index >= 15 is 0 Å². The SMILES string of the molecule is Cc1nonc1CNC(=O)[C@@H]1[C@H]2C=C[C@@]3(CN(Cc4ccncc4)C(=O)[C@@H]13)O2. The lowest BCUT2D eigenvalue weighted by molar-refractivity contribution is -0.137. The second kappa shape index (κ2) is 6.23. The Labute approximate surface area is 160 Å². The van der Waals surface area contributed by atoms with Gasteiger partial charge in [-0.15, -0.1) is 0 Å². The summed E-state index contributed by atoms with van der Waals surface area (Å²) in [5.41, 5.74) is 1.47. The highest BCUT2D eigenvalue weighted by Gasteiger charge is 2.66. The van der Waals surface area contributed by atoms with E-state index in [1.807, 2.05) is 24.3 Å². The number of ether oxygens (including phenoxy) is 1. The van der Waals surface area contributed by atoms with Gasteiger partial charge in [-0.25, -0.2) is 4.63 Å². The van der Waals surface area contributed by atoms with Gasteiger partial charge in [0.15, 0.2) is 0 Å². The molecular formula is C19H19N5O4. The number of amides is 2. The number of carbonyl (C=O) groups is 2. The van der Waals surface area contributed by atoms with Crippen LogP contribution in [0.25, 0.3) is 0 Å². The summed E-state index contributed by atoms with van der Waals surface area (Å²) in [5.74, 6) is -1.34. The zero-order chi connectivity index (χ0) is 19.3. The fraction of sp³-hybridized carbons (Fsp3) is 0.421. The number of rotatable bonds is 5. The van der Waals surface area contributed by atoms with Crippen LogP contribution in [0.2, 0.25) is 0 Å². The average molecular weight is 381 g/mol. The Bertz CT molecular complexity index is 958. The summed E-state index contributed by atoms with van der Waals surface area (Å²) in [6.45, 7) is 2.88. The number of carbonyl (C=O) groups excluding carboxylic acids is 2. The summed E-state index contributed by atoms with van der Waals surface area (Å²) in [6.07, 6.45) is 6.87. The van der Waals surface area contributed by atoms with Crippen molar-refractivity contribution in [3.8, 4) is 0 Å². The van der Waals surface area contributed by atoms with Gasteiger partial charge < -0.3 is 15.0 Å². The number of likely N-dealkylation sites (tertiary alicyclic amines) is 1. The number of hydrogen-bond acceptors (Lipinski definition) is 7. The highest BCUT2D eigenvalue weighted by Crippen LogP contribution is 2.52. The lowest BCUT2D eigenvalue weighted by Crippen LogP contribution is -2.44. The molecule has 5 heterocycles. The smallest absolute Gasteiger partial charge is 0.230 e. The number of nitrogens with zero attached hydrogens (tertiary/aromatic N) is 4. The van der Waals surface area contributed by atoms with E-state index < -0.39 is 17.4 Å². The first-order chi connectivity index (χ1) is 13.6. The summed E-state index contributed by atoms with van der Waals surface area (Å²) in [5, 5.41) is 10.3. The van der Waals surface area contributed by atoms with E-state index in [2.05, 4.69) is 25.2 Å². The molecule has 0 aliphatic carbocycles. The van der Waals surface area contributed by atoms with Crippen LogP contribution in [0.1, 0.15) is 17.0 Å². The molecule has 2 saturated heterocycles. The Balaban J connectivity index is 1.34. The Morgan fingerprint density at radius 2 is 2.18 bits per heavy atom. The van der Waals surface area contributed by atoms with Gasteiger partial charge in [-0.2, -0.15) is 0 Å². The first kappa shape index (κ1) is 17.1. The monoisotopic (exact) mass is 381 g/mol. The molecule has 3 aliphatic heterocycles. The van der Waals surface area contributed by atoms with E-state index in [0.29, 0.717) is 24.5 Å². The fourth-order valence-corrected chi connectivity index (χ4v) is 4.42. The number of aromatic nitrogens is 3. The van der Waals surface area contributed by atoms with Gasteiger partial charge in [0.05, 0.1) is 31.0 Å². The minimum absolute atomic E-state index is 0.0527. The van der Waals surface area contributed by atoms with Gasteiger partial charge in [0.1, 0.15) is 17.0 Å². The normalized spacial score (nSPS) is 30.1. The third-order valence-corrected chi connectivity index (χ3v) is 5.78. The molecule has 2 fully saturated rings. The molecule has 0 unspecified atom stereocenters. The molecule has 2 aromatic rings. The second-order valence-electron chi connectivity index (χ2n) is 7.46. The molecule has 1 N–H and O–H groups in total. The van der Waals surface area contributed by atoms with Gasteiger partial charge in [0.25, 0.3) is 0 Å². The number of fused-ring (bicyclic) bond motifs is 1. The Morgan fingerprint density at radius 3 is 2.93 bits per heavy atom. The molecule has 0 saturated carbocycles. The molecule has 1 spiro atoms. The molecule has 28 heavy (non-hydrogen) atoms. The number of aryl methyl sites for hydroxylation is 1. The summed E-state index contributed by atoms with van der Waals surface area (Å²) in [7, 11) is 0. The largest absolute Gasteiger partial charge is 0.360 e. The maximum absolute atomic E-state index is 13.2. The van der Waals surface area contributed by atoms with Crippen molar-refractivity contribution in [3.63, 3.8) is 0 Å². The van der Waals surface area contributed by atoms with E-state index in [9.17, 15) is 9.59 Å². The fourth-order valence-electron chi connectivity index (χ4n) is 4.42. The minimum atomic E-state index is -0.720. The van der Waals surface area contributed by atoms with E-state index in [1.165, 1.54) is 0 Å². The van der Waals surface area contributed by atoms with Crippen LogP contribution in [0.5, 0.6) is 0 Å². The molecule has 2 amide bonds. The quantitative estimate of drug-likeness (QED) is 0.745. The molecule has 0 aromatic carbocycles. The van der Waals surface area contributed by atoms with Gasteiger partial charge >= 0.3 is 0 Å². The molecule has 2 aromatic heterocycles. The van der Waals surface area contributed by atoms with Crippen molar-refractivity contribution in [2.45, 2.75) is 31.7 Å². The maximum Gasteiger partial charge on any atom is 0.230 e. The number of nitrogens with one attached hydrogen (secondary N) is 1. The van der Waals surface area contributed by atoms with E-state index in [4.69, 9.17) is 4.74 Å². The minimum Gasteiger partial charge on any atom is -0.360 e. The van der Waals surface area contributed by atoms with Crippen molar-refractivity contribution >= 4 is 11.8 Å². The third-order valence-electron chi connectivity index (χ3n) is 5.78. The van der Waals surface area contributed by atoms with Gasteiger partial charge in [0, 0.05) is 18.9 Å². The maximum atomic E-state index is 13.2. The average Bonchev–Trinajstić information content (AvgIpc) is 3.43. The van der Waals surface area contributed by atoms with Crippen molar-refractivity contribution in [2.75, 3.05) is 6.54 Å². The van der Waals surface area contributed by atoms with Gasteiger partial charge in [-0.05, 0) is 24.6 Å². The second-order valence-corrected chi connectivity index (χ2v) is 7.46. The van der Waals surface area contributed by atoms with Gasteiger partial charge in [-0.1, -0.05) is 22.5 Å². The molecule has 2 bridgehead atoms. The van der Waals surface area contributed by atoms with E-state index in [0.717, 1.165) is 5.56 Å². The predicted octanol–water partition coefficient (Wildman–Crippen LogP) is 0.371. The molecule has 0 radical (unpaired) electrons. The molecule has 9 nitrogen and oxygen atoms in total. The molecule has 5 rings (SSSR count). The third kappa shape index (κ3) is 2.54. The first-order valence-electron chi connectivity index (χ1n) is 9.18. The van der Waals surface area contributed by atoms with Crippen molar-refractivity contribution in [1.82, 2.24) is 25.5 Å². The molecule has 9 heteroatoms. The van der Waals surface area contributed by atoms with Crippen LogP contribution in [-0.4, -0.2) is 50.3 Å². The molecular weight excluding hydrogens is 362 g/mol. The van der Waals surface area contributed by atoms with Crippen LogP contribution in [0.4, 0.5) is 0 Å². The van der Waals surface area contributed by atoms with Crippen LogP contribution in [-0.2, 0) is 27.4 Å². The number of pyridine rings is 1. The zero-order valence-corrected chi connectivity index (χ0v) is 15.2. The van der Waals surface area contributed by atoms with Gasteiger partial charge in [0.2, 0.25) is 11.8 Å². The molecule has 3 aliphatic rings. The Kier molecular flexibility index (Phi) is 3.80. The summed E-state index contributed by atoms with van der Waals surface area (Å²) < 4.78 is 10.8. The Morgan fingerprint density at radius 1 is 1.36 bits per heavy atom. The standard InChI is InChI=1S/C19H19N5O4/c1-11-13(23-28-22-11)8-21-17(25)15-14-2-5-19(27-14)10-24(18(26)16(15)19)9-12-3-6-20-7-4-12/h2-7,14-16H,8-10H2,1H3,(H,21,25)/t14-,15-,16-,19+/m1/s1. The number of hydrogen-bond donors (Lipinski definition) is 1. The van der Waals surface area contributed by atoms with Crippen molar-refractivity contribution in [3.05, 3.63) is 53.6 Å². The van der Waals surface area contributed by atoms with Gasteiger partial charge in [-0.3, -0.25) is 14.6 Å². The molecule has 4 atom stereocenters. The summed E-state index contributed by atoms with van der Waals surface area (Å²) in [6, 6.07) is 3.76. The van der Waals surface area contributed by atoms with E-state index in [-0.39, 0.29) is 24.5 Å². The van der Waals surface area contributed by atoms with E-state index in [1.54, 1.807) is 24.2 Å². The predicted molar refractivity (Wildman–Crippen MR) is 94.3 cm³/mol. The van der Waals surface area contributed by atoms with Crippen LogP contribution in [0, 0.1) is 18.8 Å². The van der Waals surface area contributed by atoms with Crippen LogP contribution >= 0.6 is 0 Å². The van der Waals surface area contributed by atoms with Crippen molar-refractivity contribution in [1.29, 1.82) is 0 Å². The Hall–Kier alpha value is -3.07. The highest BCUT2D eigenvalue weighted by molar-refractivity contribution is 5.93. The van der Waals surface area contributed by atoms with Crippen molar-refractivity contribution in [2.24, 2.45) is 11.8 Å². The topological polar surface area (TPSA) is 110 Å². The first-order valence-corrected chi connectivity index (χ1v) is 9.18. The van der Waals surface area contributed by atoms with Crippen LogP contribution in [0.15, 0.2) is 41.3 Å². The molecule has 144 valence electrons.